The molecule has 0 aromatic heterocycles. The van der Waals surface area contributed by atoms with Crippen molar-refractivity contribution in [2.45, 2.75) is 72.8 Å². The summed E-state index contributed by atoms with van der Waals surface area (Å²) in [6.07, 6.45) is 13.7. The minimum atomic E-state index is -0.000506. The normalized spacial score (nSPS) is 16.8. The highest BCUT2D eigenvalue weighted by atomic mass is 16.1. The fourth-order valence-corrected chi connectivity index (χ4v) is 4.17. The molecule has 0 saturated carbocycles. The van der Waals surface area contributed by atoms with E-state index in [1.807, 2.05) is 20.2 Å². The van der Waals surface area contributed by atoms with Crippen molar-refractivity contribution in [1.82, 2.24) is 10.2 Å². The van der Waals surface area contributed by atoms with Gasteiger partial charge in [-0.25, -0.2) is 0 Å². The summed E-state index contributed by atoms with van der Waals surface area (Å²) in [6.45, 7) is 10.7. The molecule has 0 saturated heterocycles. The van der Waals surface area contributed by atoms with Crippen molar-refractivity contribution in [3.63, 3.8) is 0 Å². The van der Waals surface area contributed by atoms with Crippen LogP contribution >= 0.6 is 0 Å². The highest BCUT2D eigenvalue weighted by Gasteiger charge is 2.24. The number of carbonyl (C=O) groups is 1. The molecular weight excluding hydrogens is 392 g/mol. The van der Waals surface area contributed by atoms with Gasteiger partial charge in [0.25, 0.3) is 5.91 Å². The summed E-state index contributed by atoms with van der Waals surface area (Å²) >= 11 is 0. The Bertz CT molecular complexity index is 895. The monoisotopic (exact) mass is 434 g/mol. The lowest BCUT2D eigenvalue weighted by atomic mass is 9.87. The third-order valence-corrected chi connectivity index (χ3v) is 5.80. The van der Waals surface area contributed by atoms with E-state index in [0.717, 1.165) is 48.9 Å². The second-order valence-corrected chi connectivity index (χ2v) is 9.48. The number of aryl methyl sites for hydroxylation is 1. The van der Waals surface area contributed by atoms with E-state index in [0.29, 0.717) is 5.92 Å². The molecule has 1 aliphatic carbocycles. The van der Waals surface area contributed by atoms with Gasteiger partial charge in [-0.1, -0.05) is 81.3 Å². The largest absolute Gasteiger partial charge is 0.377 e. The van der Waals surface area contributed by atoms with E-state index >= 15 is 0 Å². The Balaban J connectivity index is 2.53. The Morgan fingerprint density at radius 2 is 1.88 bits per heavy atom. The van der Waals surface area contributed by atoms with Gasteiger partial charge in [0.15, 0.2) is 0 Å². The molecule has 1 aromatic carbocycles. The zero-order valence-electron chi connectivity index (χ0n) is 21.2. The van der Waals surface area contributed by atoms with Gasteiger partial charge in [0.1, 0.15) is 0 Å². The van der Waals surface area contributed by atoms with E-state index in [2.05, 4.69) is 87.3 Å². The molecule has 3 heteroatoms. The minimum Gasteiger partial charge on any atom is -0.377 e. The van der Waals surface area contributed by atoms with Crippen molar-refractivity contribution in [1.29, 1.82) is 0 Å². The SMILES string of the molecule is CCC/C=C/C(C(=O)NC1CCCc2ccccc21)=C(\C(/C=C\C(C)C)=C(C)C)N(C)C. The first-order valence-electron chi connectivity index (χ1n) is 12.1. The van der Waals surface area contributed by atoms with Crippen LogP contribution in [-0.4, -0.2) is 24.9 Å². The second-order valence-electron chi connectivity index (χ2n) is 9.48. The van der Waals surface area contributed by atoms with Gasteiger partial charge in [0, 0.05) is 14.1 Å². The number of allylic oxidation sites excluding steroid dienone is 4. The number of nitrogens with one attached hydrogen (secondary N) is 1. The van der Waals surface area contributed by atoms with Crippen LogP contribution in [0.2, 0.25) is 0 Å². The second kappa shape index (κ2) is 12.5. The van der Waals surface area contributed by atoms with Gasteiger partial charge in [-0.3, -0.25) is 4.79 Å². The van der Waals surface area contributed by atoms with Crippen LogP contribution in [0.15, 0.2) is 71.0 Å². The topological polar surface area (TPSA) is 32.3 Å². The summed E-state index contributed by atoms with van der Waals surface area (Å²) in [5.41, 5.74) is 6.63. The van der Waals surface area contributed by atoms with Crippen LogP contribution in [0.5, 0.6) is 0 Å². The maximum absolute atomic E-state index is 13.7. The van der Waals surface area contributed by atoms with Crippen LogP contribution in [0, 0.1) is 5.92 Å². The van der Waals surface area contributed by atoms with Crippen LogP contribution in [-0.2, 0) is 11.2 Å². The third kappa shape index (κ3) is 6.98. The molecule has 1 N–H and O–H groups in total. The number of hydrogen-bond acceptors (Lipinski definition) is 2. The fourth-order valence-electron chi connectivity index (χ4n) is 4.17. The Labute approximate surface area is 196 Å². The molecule has 0 heterocycles. The number of benzene rings is 1. The van der Waals surface area contributed by atoms with Crippen molar-refractivity contribution in [2.75, 3.05) is 14.1 Å². The van der Waals surface area contributed by atoms with Crippen molar-refractivity contribution in [2.24, 2.45) is 5.92 Å². The molecule has 174 valence electrons. The minimum absolute atomic E-state index is 0.000506. The molecule has 0 radical (unpaired) electrons. The van der Waals surface area contributed by atoms with E-state index in [1.54, 1.807) is 0 Å². The number of unbranched alkanes of at least 4 members (excludes halogenated alkanes) is 1. The zero-order valence-corrected chi connectivity index (χ0v) is 21.2. The van der Waals surface area contributed by atoms with Crippen LogP contribution in [0.1, 0.15) is 77.5 Å². The molecule has 0 bridgehead atoms. The molecular formula is C29H42N2O. The molecule has 0 spiro atoms. The highest BCUT2D eigenvalue weighted by Crippen LogP contribution is 2.31. The summed E-state index contributed by atoms with van der Waals surface area (Å²) in [5.74, 6) is 0.443. The van der Waals surface area contributed by atoms with Gasteiger partial charge >= 0.3 is 0 Å². The maximum atomic E-state index is 13.7. The lowest BCUT2D eigenvalue weighted by Crippen LogP contribution is -2.33. The van der Waals surface area contributed by atoms with E-state index < -0.39 is 0 Å². The van der Waals surface area contributed by atoms with Crippen LogP contribution in [0.4, 0.5) is 0 Å². The Morgan fingerprint density at radius 1 is 1.16 bits per heavy atom. The van der Waals surface area contributed by atoms with Gasteiger partial charge in [0.05, 0.1) is 17.3 Å². The van der Waals surface area contributed by atoms with Crippen LogP contribution < -0.4 is 5.32 Å². The summed E-state index contributed by atoms with van der Waals surface area (Å²) in [4.78, 5) is 15.8. The predicted molar refractivity (Wildman–Crippen MR) is 137 cm³/mol. The van der Waals surface area contributed by atoms with E-state index in [1.165, 1.54) is 16.7 Å². The lowest BCUT2D eigenvalue weighted by molar-refractivity contribution is -0.118. The molecule has 1 amide bonds. The van der Waals surface area contributed by atoms with Crippen LogP contribution in [0.3, 0.4) is 0 Å². The average molecular weight is 435 g/mol. The van der Waals surface area contributed by atoms with Gasteiger partial charge < -0.3 is 10.2 Å². The van der Waals surface area contributed by atoms with Crippen LogP contribution in [0.25, 0.3) is 0 Å². The fraction of sp³-hybridized carbons (Fsp3) is 0.483. The van der Waals surface area contributed by atoms with Crippen molar-refractivity contribution in [3.8, 4) is 0 Å². The standard InChI is InChI=1S/C29H42N2O/c1-8-9-10-17-26(28(31(6)7)24(22(4)5)20-19-21(2)3)29(32)30-27-18-13-15-23-14-11-12-16-25(23)27/h10-12,14,16-17,19-21,27H,8-9,13,15,18H2,1-7H3,(H,30,32)/b17-10+,20-19-,28-26-. The van der Waals surface area contributed by atoms with E-state index in [9.17, 15) is 4.79 Å². The van der Waals surface area contributed by atoms with Crippen molar-refractivity contribution in [3.05, 3.63) is 82.1 Å². The van der Waals surface area contributed by atoms with E-state index in [4.69, 9.17) is 0 Å². The molecule has 1 unspecified atom stereocenters. The van der Waals surface area contributed by atoms with Gasteiger partial charge in [-0.2, -0.15) is 0 Å². The first kappa shape index (κ1) is 25.7. The Kier molecular flexibility index (Phi) is 10.0. The summed E-state index contributed by atoms with van der Waals surface area (Å²) in [7, 11) is 4.05. The third-order valence-electron chi connectivity index (χ3n) is 5.80. The molecule has 1 aromatic rings. The van der Waals surface area contributed by atoms with Gasteiger partial charge in [-0.15, -0.1) is 0 Å². The van der Waals surface area contributed by atoms with Crippen molar-refractivity contribution < 1.29 is 4.79 Å². The number of amides is 1. The van der Waals surface area contributed by atoms with Gasteiger partial charge in [0.2, 0.25) is 0 Å². The zero-order chi connectivity index (χ0) is 23.7. The number of rotatable bonds is 9. The Morgan fingerprint density at radius 3 is 2.50 bits per heavy atom. The smallest absolute Gasteiger partial charge is 0.253 e. The molecule has 32 heavy (non-hydrogen) atoms. The summed E-state index contributed by atoms with van der Waals surface area (Å²) in [5, 5.41) is 3.37. The quantitative estimate of drug-likeness (QED) is 0.339. The van der Waals surface area contributed by atoms with Gasteiger partial charge in [-0.05, 0) is 62.1 Å². The van der Waals surface area contributed by atoms with Crippen molar-refractivity contribution >= 4 is 5.91 Å². The number of hydrogen-bond donors (Lipinski definition) is 1. The summed E-state index contributed by atoms with van der Waals surface area (Å²) in [6, 6.07) is 8.58. The Hall–Kier alpha value is -2.55. The maximum Gasteiger partial charge on any atom is 0.253 e. The molecule has 2 rings (SSSR count). The molecule has 3 nitrogen and oxygen atoms in total. The average Bonchev–Trinajstić information content (AvgIpc) is 2.74. The lowest BCUT2D eigenvalue weighted by Gasteiger charge is -2.28. The number of fused-ring (bicyclic) bond motifs is 1. The van der Waals surface area contributed by atoms with E-state index in [-0.39, 0.29) is 11.9 Å². The first-order valence-corrected chi connectivity index (χ1v) is 12.1. The predicted octanol–water partition coefficient (Wildman–Crippen LogP) is 6.90. The molecule has 1 atom stereocenters. The molecule has 0 fully saturated rings. The molecule has 0 aliphatic heterocycles. The number of nitrogens with zero attached hydrogens (tertiary/aromatic N) is 1. The highest BCUT2D eigenvalue weighted by molar-refractivity contribution is 5.98. The number of carbonyl (C=O) groups excluding carboxylic acids is 1. The number of likely N-dealkylation sites (N-methyl/N-ethyl adjacent to an activating group) is 1. The first-order chi connectivity index (χ1) is 15.3. The molecule has 1 aliphatic rings. The summed E-state index contributed by atoms with van der Waals surface area (Å²) < 4.78 is 0.